The zero-order chi connectivity index (χ0) is 19.9. The van der Waals surface area contributed by atoms with E-state index in [-0.39, 0.29) is 23.0 Å². The number of carbonyl (C=O) groups excluding carboxylic acids is 1. The Kier molecular flexibility index (Phi) is 4.21. The highest BCUT2D eigenvalue weighted by Crippen LogP contribution is 2.27. The lowest BCUT2D eigenvalue weighted by Gasteiger charge is -2.17. The number of amides is 1. The van der Waals surface area contributed by atoms with E-state index in [1.807, 2.05) is 32.9 Å². The first-order valence-electron chi connectivity index (χ1n) is 8.96. The second kappa shape index (κ2) is 6.59. The van der Waals surface area contributed by atoms with Gasteiger partial charge in [0.25, 0.3) is 11.8 Å². The predicted octanol–water partition coefficient (Wildman–Crippen LogP) is 2.44. The monoisotopic (exact) mass is 379 g/mol. The van der Waals surface area contributed by atoms with Gasteiger partial charge in [0.05, 0.1) is 0 Å². The average Bonchev–Trinajstić information content (AvgIpc) is 3.12. The van der Waals surface area contributed by atoms with Crippen molar-refractivity contribution in [1.29, 1.82) is 0 Å². The van der Waals surface area contributed by atoms with Crippen molar-refractivity contribution in [2.75, 3.05) is 17.6 Å². The average molecular weight is 379 g/mol. The molecule has 0 bridgehead atoms. The van der Waals surface area contributed by atoms with Crippen LogP contribution in [0.5, 0.6) is 0 Å². The molecular formula is C19H21N7O2. The summed E-state index contributed by atoms with van der Waals surface area (Å²) in [5, 5.41) is 9.94. The molecule has 0 radical (unpaired) electrons. The molecule has 0 aliphatic carbocycles. The second-order valence-corrected chi connectivity index (χ2v) is 7.67. The Hall–Kier alpha value is -3.49. The molecule has 0 unspecified atom stereocenters. The number of hydrogen-bond donors (Lipinski definition) is 3. The van der Waals surface area contributed by atoms with Gasteiger partial charge in [-0.15, -0.1) is 0 Å². The lowest BCUT2D eigenvalue weighted by Crippen LogP contribution is -2.31. The summed E-state index contributed by atoms with van der Waals surface area (Å²) < 4.78 is 5.31. The number of benzene rings is 1. The van der Waals surface area contributed by atoms with Crippen molar-refractivity contribution in [3.05, 3.63) is 41.3 Å². The molecule has 3 heterocycles. The van der Waals surface area contributed by atoms with Crippen LogP contribution in [-0.4, -0.2) is 32.6 Å². The van der Waals surface area contributed by atoms with Crippen LogP contribution in [0.3, 0.4) is 0 Å². The fourth-order valence-corrected chi connectivity index (χ4v) is 2.89. The first kappa shape index (κ1) is 17.9. The van der Waals surface area contributed by atoms with E-state index in [0.717, 1.165) is 17.7 Å². The zero-order valence-corrected chi connectivity index (χ0v) is 15.9. The summed E-state index contributed by atoms with van der Waals surface area (Å²) in [5.74, 6) is 1.40. The maximum Gasteiger partial charge on any atom is 0.263 e. The quantitative estimate of drug-likeness (QED) is 0.632. The third-order valence-electron chi connectivity index (χ3n) is 4.43. The maximum atomic E-state index is 11.8. The van der Waals surface area contributed by atoms with Gasteiger partial charge >= 0.3 is 0 Å². The minimum Gasteiger partial charge on any atom is -0.383 e. The zero-order valence-electron chi connectivity index (χ0n) is 15.9. The fourth-order valence-electron chi connectivity index (χ4n) is 2.89. The summed E-state index contributed by atoms with van der Waals surface area (Å²) in [6.07, 6.45) is 2.34. The molecule has 1 aromatic carbocycles. The summed E-state index contributed by atoms with van der Waals surface area (Å²) in [4.78, 5) is 24.8. The highest BCUT2D eigenvalue weighted by atomic mass is 16.5. The lowest BCUT2D eigenvalue weighted by atomic mass is 9.96. The minimum absolute atomic E-state index is 0.0492. The van der Waals surface area contributed by atoms with Crippen molar-refractivity contribution in [1.82, 2.24) is 25.4 Å². The Bertz CT molecular complexity index is 1050. The number of nitrogens with zero attached hydrogens (tertiary/aromatic N) is 4. The molecule has 9 heteroatoms. The van der Waals surface area contributed by atoms with Crippen LogP contribution in [0, 0.1) is 0 Å². The van der Waals surface area contributed by atoms with Crippen molar-refractivity contribution < 1.29 is 9.32 Å². The van der Waals surface area contributed by atoms with E-state index in [4.69, 9.17) is 10.3 Å². The third-order valence-corrected chi connectivity index (χ3v) is 4.43. The van der Waals surface area contributed by atoms with Crippen LogP contribution >= 0.6 is 0 Å². The van der Waals surface area contributed by atoms with Crippen molar-refractivity contribution in [3.8, 4) is 11.5 Å². The number of nitrogens with one attached hydrogen (secondary N) is 2. The molecule has 1 aliphatic rings. The van der Waals surface area contributed by atoms with Crippen molar-refractivity contribution in [2.24, 2.45) is 0 Å². The first-order chi connectivity index (χ1) is 13.3. The van der Waals surface area contributed by atoms with Gasteiger partial charge in [-0.25, -0.2) is 4.98 Å². The van der Waals surface area contributed by atoms with Crippen molar-refractivity contribution in [2.45, 2.75) is 32.6 Å². The molecule has 0 atom stereocenters. The van der Waals surface area contributed by atoms with Crippen LogP contribution < -0.4 is 16.4 Å². The third kappa shape index (κ3) is 3.38. The van der Waals surface area contributed by atoms with Crippen LogP contribution in [0.25, 0.3) is 11.5 Å². The Morgan fingerprint density at radius 1 is 1.21 bits per heavy atom. The van der Waals surface area contributed by atoms with Gasteiger partial charge in [-0.3, -0.25) is 4.79 Å². The summed E-state index contributed by atoms with van der Waals surface area (Å²) in [7, 11) is 0. The highest BCUT2D eigenvalue weighted by Gasteiger charge is 2.23. The van der Waals surface area contributed by atoms with Gasteiger partial charge in [-0.1, -0.05) is 25.9 Å². The number of nitrogens with two attached hydrogens (primary N) is 1. The number of carbonyl (C=O) groups is 1. The molecule has 0 saturated heterocycles. The van der Waals surface area contributed by atoms with Crippen LogP contribution in [0.2, 0.25) is 0 Å². The Balaban J connectivity index is 1.57. The summed E-state index contributed by atoms with van der Waals surface area (Å²) in [6, 6.07) is 5.52. The van der Waals surface area contributed by atoms with Gasteiger partial charge < -0.3 is 20.9 Å². The molecule has 0 saturated carbocycles. The number of fused-ring (bicyclic) bond motifs is 1. The molecule has 0 spiro atoms. The summed E-state index contributed by atoms with van der Waals surface area (Å²) in [6.45, 7) is 6.62. The number of hydrogen-bond acceptors (Lipinski definition) is 8. The predicted molar refractivity (Wildman–Crippen MR) is 104 cm³/mol. The van der Waals surface area contributed by atoms with E-state index >= 15 is 0 Å². The van der Waals surface area contributed by atoms with Crippen LogP contribution in [0.1, 0.15) is 42.5 Å². The molecule has 1 aliphatic heterocycles. The molecule has 2 aromatic heterocycles. The Morgan fingerprint density at radius 3 is 2.75 bits per heavy atom. The maximum absolute atomic E-state index is 11.8. The summed E-state index contributed by atoms with van der Waals surface area (Å²) >= 11 is 0. The number of anilines is 3. The SMILES string of the molecule is CC(C)(C)c1noc(-c2cnc(Nc3ccc4c(c3)CCNC4=O)nc2N)n1. The van der Waals surface area contributed by atoms with Gasteiger partial charge in [-0.05, 0) is 30.2 Å². The molecule has 9 nitrogen and oxygen atoms in total. The number of aromatic nitrogens is 4. The Morgan fingerprint density at radius 2 is 2.04 bits per heavy atom. The Labute approximate surface area is 161 Å². The minimum atomic E-state index is -0.234. The van der Waals surface area contributed by atoms with E-state index in [1.165, 1.54) is 0 Å². The van der Waals surface area contributed by atoms with E-state index in [2.05, 4.69) is 30.7 Å². The molecule has 1 amide bonds. The van der Waals surface area contributed by atoms with Gasteiger partial charge in [0, 0.05) is 29.4 Å². The fraction of sp³-hybridized carbons (Fsp3) is 0.316. The van der Waals surface area contributed by atoms with Crippen LogP contribution in [0.4, 0.5) is 17.5 Å². The molecule has 4 rings (SSSR count). The van der Waals surface area contributed by atoms with Crippen LogP contribution in [-0.2, 0) is 11.8 Å². The van der Waals surface area contributed by atoms with E-state index < -0.39 is 0 Å². The van der Waals surface area contributed by atoms with Gasteiger partial charge in [0.2, 0.25) is 5.95 Å². The largest absolute Gasteiger partial charge is 0.383 e. The second-order valence-electron chi connectivity index (χ2n) is 7.67. The van der Waals surface area contributed by atoms with E-state index in [0.29, 0.717) is 29.4 Å². The standard InChI is InChI=1S/C19H21N7O2/c1-19(2,3)17-25-16(28-26-17)13-9-22-18(24-14(13)20)23-11-4-5-12-10(8-11)6-7-21-15(12)27/h4-5,8-9H,6-7H2,1-3H3,(H,21,27)(H3,20,22,23,24). The van der Waals surface area contributed by atoms with Gasteiger partial charge in [0.1, 0.15) is 11.4 Å². The first-order valence-corrected chi connectivity index (χ1v) is 8.96. The number of rotatable bonds is 3. The smallest absolute Gasteiger partial charge is 0.263 e. The number of nitrogen functional groups attached to an aromatic ring is 1. The van der Waals surface area contributed by atoms with Gasteiger partial charge in [-0.2, -0.15) is 9.97 Å². The topological polar surface area (TPSA) is 132 Å². The van der Waals surface area contributed by atoms with Crippen molar-refractivity contribution in [3.63, 3.8) is 0 Å². The van der Waals surface area contributed by atoms with E-state index in [1.54, 1.807) is 12.3 Å². The van der Waals surface area contributed by atoms with E-state index in [9.17, 15) is 4.79 Å². The molecule has 3 aromatic rings. The molecular weight excluding hydrogens is 358 g/mol. The normalized spacial score (nSPS) is 13.8. The summed E-state index contributed by atoms with van der Waals surface area (Å²) in [5.41, 5.74) is 8.79. The van der Waals surface area contributed by atoms with Crippen molar-refractivity contribution >= 4 is 23.4 Å². The van der Waals surface area contributed by atoms with Crippen LogP contribution in [0.15, 0.2) is 28.9 Å². The molecule has 28 heavy (non-hydrogen) atoms. The van der Waals surface area contributed by atoms with Gasteiger partial charge in [0.15, 0.2) is 5.82 Å². The molecule has 0 fully saturated rings. The highest BCUT2D eigenvalue weighted by molar-refractivity contribution is 5.97. The molecule has 144 valence electrons. The molecule has 4 N–H and O–H groups in total. The lowest BCUT2D eigenvalue weighted by molar-refractivity contribution is 0.0946.